The van der Waals surface area contributed by atoms with Crippen molar-refractivity contribution in [3.05, 3.63) is 69.6 Å². The first-order valence-corrected chi connectivity index (χ1v) is 11.5. The van der Waals surface area contributed by atoms with Gasteiger partial charge < -0.3 is 30.7 Å². The summed E-state index contributed by atoms with van der Waals surface area (Å²) in [4.78, 5) is 48.2. The van der Waals surface area contributed by atoms with E-state index in [4.69, 9.17) is 22.2 Å². The number of nitrogens with zero attached hydrogens (tertiary/aromatic N) is 5. The molecule has 4 heterocycles. The summed E-state index contributed by atoms with van der Waals surface area (Å²) in [5.41, 5.74) is 7.58. The topological polar surface area (TPSA) is 187 Å². The number of pyridine rings is 1. The molecule has 5 rings (SSSR count). The number of nitrogens with two attached hydrogens (primary N) is 1. The van der Waals surface area contributed by atoms with Crippen LogP contribution >= 0.6 is 11.6 Å². The number of hydrogen-bond donors (Lipinski definition) is 4. The average Bonchev–Trinajstić information content (AvgIpc) is 3.49. The van der Waals surface area contributed by atoms with Gasteiger partial charge in [0.2, 0.25) is 11.9 Å². The van der Waals surface area contributed by atoms with Gasteiger partial charge in [0.15, 0.2) is 6.10 Å². The van der Waals surface area contributed by atoms with Gasteiger partial charge in [0.05, 0.1) is 11.1 Å². The highest BCUT2D eigenvalue weighted by molar-refractivity contribution is 6.36. The molecule has 14 heteroatoms. The van der Waals surface area contributed by atoms with Crippen LogP contribution in [0.25, 0.3) is 22.8 Å². The zero-order chi connectivity index (χ0) is 27.3. The molecule has 3 aromatic heterocycles. The van der Waals surface area contributed by atoms with Crippen molar-refractivity contribution in [1.82, 2.24) is 24.7 Å². The number of aromatic nitrogens is 5. The number of nitrogens with one attached hydrogen (secondary N) is 1. The number of rotatable bonds is 7. The van der Waals surface area contributed by atoms with Crippen molar-refractivity contribution in [2.24, 2.45) is 5.73 Å². The molecule has 2 atom stereocenters. The molecular weight excluding hydrogens is 518 g/mol. The maximum atomic E-state index is 12.9. The van der Waals surface area contributed by atoms with Gasteiger partial charge >= 0.3 is 5.97 Å². The van der Waals surface area contributed by atoms with E-state index in [1.807, 2.05) is 0 Å². The number of anilines is 1. The van der Waals surface area contributed by atoms with Gasteiger partial charge in [-0.2, -0.15) is 0 Å². The SMILES string of the molecule is Cc1c(C(=O)O)c(C)n(C(On2nnc3cccnc32)C(O)C(N)=O)c1C=C1C(=O)Nc2ccc(Cl)cc21. The average molecular weight is 538 g/mol. The van der Waals surface area contributed by atoms with Crippen molar-refractivity contribution in [2.75, 3.05) is 5.32 Å². The highest BCUT2D eigenvalue weighted by Gasteiger charge is 2.36. The Bertz CT molecular complexity index is 1670. The fraction of sp³-hybridized carbons (Fsp3) is 0.167. The number of carboxylic acids is 1. The van der Waals surface area contributed by atoms with Crippen molar-refractivity contribution < 1.29 is 29.4 Å². The first-order valence-electron chi connectivity index (χ1n) is 11.2. The summed E-state index contributed by atoms with van der Waals surface area (Å²) in [7, 11) is 0. The third-order valence-electron chi connectivity index (χ3n) is 6.21. The minimum Gasteiger partial charge on any atom is -0.478 e. The zero-order valence-corrected chi connectivity index (χ0v) is 20.7. The Kier molecular flexibility index (Phi) is 6.09. The van der Waals surface area contributed by atoms with E-state index in [1.165, 1.54) is 30.7 Å². The number of aromatic carboxylic acids is 1. The van der Waals surface area contributed by atoms with E-state index in [2.05, 4.69) is 20.6 Å². The maximum Gasteiger partial charge on any atom is 0.337 e. The second-order valence-corrected chi connectivity index (χ2v) is 8.94. The first-order chi connectivity index (χ1) is 18.1. The maximum absolute atomic E-state index is 12.9. The van der Waals surface area contributed by atoms with Crippen LogP contribution in [0, 0.1) is 13.8 Å². The molecule has 0 saturated carbocycles. The minimum absolute atomic E-state index is 0.117. The molecule has 0 aliphatic carbocycles. The molecule has 0 fully saturated rings. The number of carboxylic acid groups (broad SMARTS) is 1. The van der Waals surface area contributed by atoms with Crippen LogP contribution in [0.5, 0.6) is 0 Å². The van der Waals surface area contributed by atoms with E-state index in [9.17, 15) is 24.6 Å². The van der Waals surface area contributed by atoms with Crippen LogP contribution in [0.2, 0.25) is 5.02 Å². The highest BCUT2D eigenvalue weighted by Crippen LogP contribution is 2.37. The lowest BCUT2D eigenvalue weighted by Gasteiger charge is -2.25. The number of amides is 2. The number of halogens is 1. The predicted octanol–water partition coefficient (Wildman–Crippen LogP) is 1.56. The third-order valence-corrected chi connectivity index (χ3v) is 6.44. The fourth-order valence-corrected chi connectivity index (χ4v) is 4.62. The van der Waals surface area contributed by atoms with Crippen LogP contribution in [-0.4, -0.2) is 58.8 Å². The van der Waals surface area contributed by atoms with E-state index in [-0.39, 0.29) is 33.7 Å². The van der Waals surface area contributed by atoms with Gasteiger partial charge in [0.1, 0.15) is 5.52 Å². The van der Waals surface area contributed by atoms with Crippen LogP contribution < -0.4 is 15.9 Å². The Morgan fingerprint density at radius 3 is 2.74 bits per heavy atom. The Morgan fingerprint density at radius 2 is 2.03 bits per heavy atom. The molecule has 0 saturated heterocycles. The standard InChI is InChI=1S/C24H20ClN7O6/c1-10-17(9-14-13-8-12(25)5-6-15(13)28-22(14)35)31(11(2)18(10)24(36)37)23(19(33)20(26)34)38-32-21-16(29-30-32)4-3-7-27-21/h3-9,19,23,33H,1-2H3,(H2,26,34)(H,28,35)(H,36,37). The number of carbonyl (C=O) groups excluding carboxylic acids is 2. The molecule has 2 amide bonds. The monoisotopic (exact) mass is 537 g/mol. The number of benzene rings is 1. The largest absolute Gasteiger partial charge is 0.478 e. The molecule has 194 valence electrons. The molecule has 2 unspecified atom stereocenters. The quantitative estimate of drug-likeness (QED) is 0.254. The van der Waals surface area contributed by atoms with E-state index >= 15 is 0 Å². The van der Waals surface area contributed by atoms with Gasteiger partial charge in [-0.1, -0.05) is 16.4 Å². The summed E-state index contributed by atoms with van der Waals surface area (Å²) < 4.78 is 1.27. The van der Waals surface area contributed by atoms with E-state index < -0.39 is 30.1 Å². The summed E-state index contributed by atoms with van der Waals surface area (Å²) in [6.07, 6.45) is -0.688. The van der Waals surface area contributed by atoms with Gasteiger partial charge in [0.25, 0.3) is 11.8 Å². The molecule has 0 bridgehead atoms. The van der Waals surface area contributed by atoms with Gasteiger partial charge in [-0.05, 0) is 61.0 Å². The van der Waals surface area contributed by atoms with E-state index in [0.717, 1.165) is 4.85 Å². The molecule has 5 N–H and O–H groups in total. The molecule has 0 radical (unpaired) electrons. The second kappa shape index (κ2) is 9.28. The number of hydrogen-bond acceptors (Lipinski definition) is 8. The van der Waals surface area contributed by atoms with Gasteiger partial charge in [0, 0.05) is 33.9 Å². The van der Waals surface area contributed by atoms with Crippen LogP contribution in [0.15, 0.2) is 36.5 Å². The normalized spacial score (nSPS) is 15.4. The van der Waals surface area contributed by atoms with Crippen molar-refractivity contribution in [3.63, 3.8) is 0 Å². The predicted molar refractivity (Wildman–Crippen MR) is 135 cm³/mol. The second-order valence-electron chi connectivity index (χ2n) is 8.50. The first kappa shape index (κ1) is 24.9. The summed E-state index contributed by atoms with van der Waals surface area (Å²) in [6, 6.07) is 8.11. The minimum atomic E-state index is -1.97. The number of aliphatic hydroxyl groups excluding tert-OH is 1. The lowest BCUT2D eigenvalue weighted by atomic mass is 10.0. The van der Waals surface area contributed by atoms with Gasteiger partial charge in [-0.25, -0.2) is 9.78 Å². The summed E-state index contributed by atoms with van der Waals surface area (Å²) >= 11 is 6.15. The molecule has 4 aromatic rings. The van der Waals surface area contributed by atoms with Crippen LogP contribution in [-0.2, 0) is 9.59 Å². The Labute approximate surface area is 219 Å². The third kappa shape index (κ3) is 4.03. The molecule has 13 nitrogen and oxygen atoms in total. The zero-order valence-electron chi connectivity index (χ0n) is 19.9. The fourth-order valence-electron chi connectivity index (χ4n) is 4.45. The number of aliphatic hydroxyl groups is 1. The lowest BCUT2D eigenvalue weighted by Crippen LogP contribution is -2.43. The van der Waals surface area contributed by atoms with Crippen LogP contribution in [0.1, 0.15) is 39.1 Å². The molecule has 1 aromatic carbocycles. The lowest BCUT2D eigenvalue weighted by molar-refractivity contribution is -0.144. The molecule has 1 aliphatic heterocycles. The molecule has 38 heavy (non-hydrogen) atoms. The smallest absolute Gasteiger partial charge is 0.337 e. The molecule has 0 spiro atoms. The Balaban J connectivity index is 1.74. The number of fused-ring (bicyclic) bond motifs is 2. The van der Waals surface area contributed by atoms with Crippen LogP contribution in [0.3, 0.4) is 0 Å². The highest BCUT2D eigenvalue weighted by atomic mass is 35.5. The Morgan fingerprint density at radius 1 is 1.26 bits per heavy atom. The summed E-state index contributed by atoms with van der Waals surface area (Å²) in [6.45, 7) is 3.00. The number of primary amides is 1. The van der Waals surface area contributed by atoms with Crippen LogP contribution in [0.4, 0.5) is 5.69 Å². The van der Waals surface area contributed by atoms with Gasteiger partial charge in [-0.3, -0.25) is 9.59 Å². The van der Waals surface area contributed by atoms with E-state index in [0.29, 0.717) is 21.8 Å². The van der Waals surface area contributed by atoms with Crippen molar-refractivity contribution in [1.29, 1.82) is 0 Å². The molecular formula is C24H20ClN7O6. The Hall–Kier alpha value is -4.75. The summed E-state index contributed by atoms with van der Waals surface area (Å²) in [5.74, 6) is -2.87. The number of carbonyl (C=O) groups is 3. The summed E-state index contributed by atoms with van der Waals surface area (Å²) in [5, 5.41) is 31.7. The van der Waals surface area contributed by atoms with Crippen molar-refractivity contribution in [3.8, 4) is 0 Å². The van der Waals surface area contributed by atoms with Crippen molar-refractivity contribution >= 4 is 57.9 Å². The molecule has 1 aliphatic rings. The van der Waals surface area contributed by atoms with Gasteiger partial charge in [-0.15, -0.1) is 5.10 Å². The van der Waals surface area contributed by atoms with E-state index in [1.54, 1.807) is 30.3 Å². The van der Waals surface area contributed by atoms with Crippen molar-refractivity contribution in [2.45, 2.75) is 26.2 Å².